The molecule has 2 saturated carbocycles. The maximum Gasteiger partial charge on any atom is 0.284 e. The van der Waals surface area contributed by atoms with Crippen LogP contribution in [0.5, 0.6) is 0 Å². The van der Waals surface area contributed by atoms with Crippen molar-refractivity contribution in [1.82, 2.24) is 44.4 Å². The van der Waals surface area contributed by atoms with Crippen molar-refractivity contribution >= 4 is 51.7 Å². The number of para-hydroxylation sites is 1. The lowest BCUT2D eigenvalue weighted by Crippen LogP contribution is -2.47. The minimum Gasteiger partial charge on any atom is -0.370 e. The lowest BCUT2D eigenvalue weighted by molar-refractivity contribution is -0.134. The number of fused-ring (bicyclic) bond motifs is 2. The Kier molecular flexibility index (Phi) is 11.8. The molecule has 3 saturated heterocycles. The molecule has 20 heteroatoms. The van der Waals surface area contributed by atoms with Crippen molar-refractivity contribution in [2.45, 2.75) is 94.5 Å². The summed E-state index contributed by atoms with van der Waals surface area (Å²) in [5.74, 6) is 4.87. The van der Waals surface area contributed by atoms with Crippen LogP contribution in [0, 0.1) is 17.8 Å². The van der Waals surface area contributed by atoms with E-state index >= 15 is 4.39 Å². The van der Waals surface area contributed by atoms with Crippen LogP contribution in [0.2, 0.25) is 0 Å². The Morgan fingerprint density at radius 3 is 2.62 bits per heavy atom. The molecule has 340 valence electrons. The molecule has 1 aromatic carbocycles. The van der Waals surface area contributed by atoms with Gasteiger partial charge in [-0.3, -0.25) is 43.7 Å². The average molecular weight is 896 g/mol. The number of anilines is 2. The van der Waals surface area contributed by atoms with E-state index in [2.05, 4.69) is 42.6 Å². The van der Waals surface area contributed by atoms with E-state index in [1.54, 1.807) is 12.3 Å². The van der Waals surface area contributed by atoms with Crippen molar-refractivity contribution < 1.29 is 41.8 Å². The van der Waals surface area contributed by atoms with Crippen LogP contribution in [0.1, 0.15) is 110 Å². The molecular weight excluding hydrogens is 848 g/mol. The number of benzene rings is 1. The Labute approximate surface area is 371 Å². The van der Waals surface area contributed by atoms with Gasteiger partial charge in [-0.25, -0.2) is 22.7 Å². The number of carbonyl (C=O) groups excluding carboxylic acids is 4. The molecule has 4 aromatic heterocycles. The van der Waals surface area contributed by atoms with Gasteiger partial charge in [0, 0.05) is 43.8 Å². The third-order valence-corrected chi connectivity index (χ3v) is 13.2. The second-order valence-electron chi connectivity index (χ2n) is 17.5. The number of morpholine rings is 1. The van der Waals surface area contributed by atoms with Gasteiger partial charge in [0.05, 0.1) is 65.9 Å². The van der Waals surface area contributed by atoms with Crippen molar-refractivity contribution in [2.24, 2.45) is 5.92 Å². The van der Waals surface area contributed by atoms with Gasteiger partial charge in [-0.1, -0.05) is 24.0 Å². The summed E-state index contributed by atoms with van der Waals surface area (Å²) in [7, 11) is 0. The third kappa shape index (κ3) is 8.84. The van der Waals surface area contributed by atoms with E-state index in [0.29, 0.717) is 62.8 Å². The Balaban J connectivity index is 0.715. The number of amides is 4. The fourth-order valence-electron chi connectivity index (χ4n) is 9.62. The predicted octanol–water partition coefficient (Wildman–Crippen LogP) is 4.90. The molecule has 0 bridgehead atoms. The zero-order valence-corrected chi connectivity index (χ0v) is 35.5. The summed E-state index contributed by atoms with van der Waals surface area (Å²) in [4.78, 5) is 58.5. The number of ether oxygens (including phenoxy) is 2. The summed E-state index contributed by atoms with van der Waals surface area (Å²) >= 11 is 0. The molecule has 2 N–H and O–H groups in total. The Bertz CT molecular complexity index is 2710. The van der Waals surface area contributed by atoms with Gasteiger partial charge in [0.15, 0.2) is 11.3 Å². The minimum atomic E-state index is -2.93. The number of aromatic nitrogens is 7. The minimum absolute atomic E-state index is 0.0484. The van der Waals surface area contributed by atoms with E-state index in [4.69, 9.17) is 14.6 Å². The van der Waals surface area contributed by atoms with E-state index in [0.717, 1.165) is 48.7 Å². The quantitative estimate of drug-likeness (QED) is 0.136. The first-order chi connectivity index (χ1) is 31.6. The molecule has 4 amide bonds. The van der Waals surface area contributed by atoms with E-state index in [1.807, 2.05) is 22.9 Å². The number of nitrogens with zero attached hydrogens (tertiary/aromatic N) is 9. The number of hydrogen-bond donors (Lipinski definition) is 2. The fourth-order valence-corrected chi connectivity index (χ4v) is 9.62. The smallest absolute Gasteiger partial charge is 0.284 e. The number of likely N-dealkylation sites (tertiary alicyclic amines) is 1. The van der Waals surface area contributed by atoms with Crippen LogP contribution in [-0.4, -0.2) is 121 Å². The lowest BCUT2D eigenvalue weighted by atomic mass is 9.85. The molecule has 5 aromatic rings. The van der Waals surface area contributed by atoms with Crippen molar-refractivity contribution in [1.29, 1.82) is 0 Å². The van der Waals surface area contributed by atoms with Crippen LogP contribution in [0.3, 0.4) is 0 Å². The third-order valence-electron chi connectivity index (χ3n) is 13.2. The van der Waals surface area contributed by atoms with E-state index < -0.39 is 36.2 Å². The predicted molar refractivity (Wildman–Crippen MR) is 228 cm³/mol. The zero-order chi connectivity index (χ0) is 44.8. The second-order valence-corrected chi connectivity index (χ2v) is 17.5. The average Bonchev–Trinajstić information content (AvgIpc) is 3.72. The maximum absolute atomic E-state index is 15.5. The molecule has 0 spiro atoms. The Morgan fingerprint density at radius 2 is 1.85 bits per heavy atom. The van der Waals surface area contributed by atoms with Gasteiger partial charge in [0.25, 0.3) is 18.2 Å². The number of hydrogen-bond acceptors (Lipinski definition) is 11. The van der Waals surface area contributed by atoms with Crippen molar-refractivity contribution in [2.75, 3.05) is 56.2 Å². The first-order valence-corrected chi connectivity index (χ1v) is 22.3. The van der Waals surface area contributed by atoms with Crippen molar-refractivity contribution in [3.05, 3.63) is 65.4 Å². The summed E-state index contributed by atoms with van der Waals surface area (Å²) in [6.07, 6.45) is 5.80. The van der Waals surface area contributed by atoms with Crippen LogP contribution in [0.4, 0.5) is 24.7 Å². The first kappa shape index (κ1) is 42.8. The van der Waals surface area contributed by atoms with Gasteiger partial charge >= 0.3 is 0 Å². The Hall–Kier alpha value is -6.17. The summed E-state index contributed by atoms with van der Waals surface area (Å²) in [6, 6.07) is 7.44. The highest BCUT2D eigenvalue weighted by Gasteiger charge is 2.36. The van der Waals surface area contributed by atoms with Crippen LogP contribution in [0.25, 0.3) is 16.6 Å². The number of carbonyl (C=O) groups is 4. The molecule has 0 radical (unpaired) electrons. The molecule has 7 heterocycles. The molecule has 65 heavy (non-hydrogen) atoms. The SMILES string of the molecule is O=C1CCC(c2nn(C3CC3)c3c(C#CCO[C@H]4CCN(C[C@H]5CC[C@H](n6cc(NC(=O)c7cnn8ccc(N9CCOCC9=O)nc78)c(C(F)F)n6)CC5)C[C@H]4F)cccc23)C(=O)N1. The fraction of sp³-hybridized carbons (Fsp3) is 0.511. The molecule has 3 aliphatic heterocycles. The standard InChI is InChI=1S/C45H48F3N11O6/c46-33-23-55(16-14-35(33)65-19-2-4-27-3-1-5-30-39(31-12-13-37(60)52-44(31)62)54-59(41(27)30)29-10-11-29)22-26-6-8-28(9-7-26)58-24-34(40(53-58)42(47)48)50-45(63)32-21-49-57-17-15-36(51-43(32)57)56-18-20-64-25-38(56)61/h1,3,5,15,17,21,24,26,28-29,31,33,35,42H,6-14,16,18-20,22-23,25H2,(H,50,63)(H,52,60,62)/t26-,28-,31?,33-,35+/m1/s1. The molecule has 1 unspecified atom stereocenters. The number of rotatable bonds is 11. The number of nitrogens with one attached hydrogen (secondary N) is 2. The van der Waals surface area contributed by atoms with Crippen LogP contribution < -0.4 is 15.5 Å². The highest BCUT2D eigenvalue weighted by atomic mass is 19.3. The highest BCUT2D eigenvalue weighted by Crippen LogP contribution is 2.41. The maximum atomic E-state index is 15.5. The molecule has 5 aliphatic rings. The summed E-state index contributed by atoms with van der Waals surface area (Å²) in [5.41, 5.74) is 1.86. The molecule has 10 rings (SSSR count). The summed E-state index contributed by atoms with van der Waals surface area (Å²) in [5, 5.41) is 19.2. The van der Waals surface area contributed by atoms with Crippen molar-refractivity contribution in [3.63, 3.8) is 0 Å². The molecule has 3 atom stereocenters. The van der Waals surface area contributed by atoms with Gasteiger partial charge in [-0.15, -0.1) is 0 Å². The van der Waals surface area contributed by atoms with Crippen LogP contribution in [0.15, 0.2) is 42.9 Å². The first-order valence-electron chi connectivity index (χ1n) is 22.3. The van der Waals surface area contributed by atoms with Crippen LogP contribution >= 0.6 is 0 Å². The van der Waals surface area contributed by atoms with E-state index in [1.165, 1.54) is 26.5 Å². The number of piperidine rings is 2. The molecule has 2 aliphatic carbocycles. The summed E-state index contributed by atoms with van der Waals surface area (Å²) in [6.45, 7) is 2.27. The van der Waals surface area contributed by atoms with E-state index in [-0.39, 0.29) is 72.9 Å². The topological polar surface area (TPSA) is 183 Å². The Morgan fingerprint density at radius 1 is 1.02 bits per heavy atom. The highest BCUT2D eigenvalue weighted by molar-refractivity contribution is 6.08. The van der Waals surface area contributed by atoms with E-state index in [9.17, 15) is 28.0 Å². The second kappa shape index (κ2) is 18.0. The number of halogens is 3. The normalized spacial score (nSPS) is 24.4. The number of imide groups is 1. The van der Waals surface area contributed by atoms with Gasteiger partial charge in [0.2, 0.25) is 11.8 Å². The lowest BCUT2D eigenvalue weighted by Gasteiger charge is -2.38. The molecule has 17 nitrogen and oxygen atoms in total. The van der Waals surface area contributed by atoms with Gasteiger partial charge in [-0.05, 0) is 69.4 Å². The van der Waals surface area contributed by atoms with Crippen molar-refractivity contribution in [3.8, 4) is 11.8 Å². The monoisotopic (exact) mass is 895 g/mol. The molecular formula is C45H48F3N11O6. The zero-order valence-electron chi connectivity index (χ0n) is 35.5. The van der Waals surface area contributed by atoms with Gasteiger partial charge in [0.1, 0.15) is 30.8 Å². The summed E-state index contributed by atoms with van der Waals surface area (Å²) < 4.78 is 60.1. The van der Waals surface area contributed by atoms with Gasteiger partial charge in [-0.2, -0.15) is 15.3 Å². The molecule has 5 fully saturated rings. The largest absolute Gasteiger partial charge is 0.370 e. The number of alkyl halides is 3. The van der Waals surface area contributed by atoms with Crippen LogP contribution in [-0.2, 0) is 23.9 Å². The van der Waals surface area contributed by atoms with Gasteiger partial charge < -0.3 is 14.8 Å².